The van der Waals surface area contributed by atoms with Gasteiger partial charge >= 0.3 is 0 Å². The van der Waals surface area contributed by atoms with Crippen LogP contribution < -0.4 is 10.9 Å². The van der Waals surface area contributed by atoms with Crippen molar-refractivity contribution in [3.63, 3.8) is 0 Å². The van der Waals surface area contributed by atoms with E-state index in [2.05, 4.69) is 10.3 Å². The Kier molecular flexibility index (Phi) is 3.81. The van der Waals surface area contributed by atoms with Gasteiger partial charge in [-0.15, -0.1) is 0 Å². The number of pyridine rings is 1. The second-order valence-corrected chi connectivity index (χ2v) is 4.82. The number of nitrogens with one attached hydrogen (secondary N) is 2. The molecule has 0 spiro atoms. The molecule has 1 saturated carbocycles. The molecule has 5 nitrogen and oxygen atoms in total. The molecule has 0 unspecified atom stereocenters. The summed E-state index contributed by atoms with van der Waals surface area (Å²) >= 11 is 0. The smallest absolute Gasteiger partial charge is 0.253 e. The first kappa shape index (κ1) is 12.8. The van der Waals surface area contributed by atoms with E-state index >= 15 is 0 Å². The van der Waals surface area contributed by atoms with Gasteiger partial charge in [0.25, 0.3) is 5.91 Å². The Morgan fingerprint density at radius 1 is 1.44 bits per heavy atom. The first-order valence-corrected chi connectivity index (χ1v) is 6.15. The monoisotopic (exact) mass is 250 g/mol. The van der Waals surface area contributed by atoms with Crippen molar-refractivity contribution in [1.82, 2.24) is 10.3 Å². The lowest BCUT2D eigenvalue weighted by Gasteiger charge is -2.29. The van der Waals surface area contributed by atoms with Crippen LogP contribution in [0, 0.1) is 0 Å². The van der Waals surface area contributed by atoms with Crippen LogP contribution in [0.4, 0.5) is 0 Å². The molecular formula is C13H18N2O3. The number of H-pyrrole nitrogens is 1. The minimum Gasteiger partial charge on any atom is -0.382 e. The number of rotatable bonds is 4. The molecule has 1 heterocycles. The molecule has 0 saturated heterocycles. The summed E-state index contributed by atoms with van der Waals surface area (Å²) in [7, 11) is 1.65. The fourth-order valence-corrected chi connectivity index (χ4v) is 2.50. The van der Waals surface area contributed by atoms with E-state index < -0.39 is 0 Å². The van der Waals surface area contributed by atoms with Crippen molar-refractivity contribution in [1.29, 1.82) is 0 Å². The third-order valence-corrected chi connectivity index (χ3v) is 3.41. The Morgan fingerprint density at radius 2 is 2.17 bits per heavy atom. The topological polar surface area (TPSA) is 71.2 Å². The predicted octanol–water partition coefficient (Wildman–Crippen LogP) is 1.06. The number of methoxy groups -OCH3 is 1. The zero-order valence-corrected chi connectivity index (χ0v) is 10.5. The highest BCUT2D eigenvalue weighted by molar-refractivity contribution is 5.94. The quantitative estimate of drug-likeness (QED) is 0.839. The summed E-state index contributed by atoms with van der Waals surface area (Å²) < 4.78 is 5.21. The molecule has 1 aromatic rings. The molecule has 98 valence electrons. The fraction of sp³-hybridized carbons (Fsp3) is 0.538. The highest BCUT2D eigenvalue weighted by Crippen LogP contribution is 2.30. The van der Waals surface area contributed by atoms with Gasteiger partial charge in [-0.1, -0.05) is 12.8 Å². The van der Waals surface area contributed by atoms with Gasteiger partial charge in [-0.2, -0.15) is 0 Å². The summed E-state index contributed by atoms with van der Waals surface area (Å²) in [6.07, 6.45) is 5.53. The minimum absolute atomic E-state index is 0.162. The summed E-state index contributed by atoms with van der Waals surface area (Å²) in [5.74, 6) is -0.162. The number of carbonyl (C=O) groups is 1. The highest BCUT2D eigenvalue weighted by atomic mass is 16.5. The largest absolute Gasteiger partial charge is 0.382 e. The summed E-state index contributed by atoms with van der Waals surface area (Å²) in [6, 6.07) is 2.89. The van der Waals surface area contributed by atoms with Crippen LogP contribution in [-0.4, -0.2) is 30.1 Å². The molecule has 1 amide bonds. The van der Waals surface area contributed by atoms with Crippen LogP contribution in [0.2, 0.25) is 0 Å². The third-order valence-electron chi connectivity index (χ3n) is 3.41. The van der Waals surface area contributed by atoms with Gasteiger partial charge < -0.3 is 15.0 Å². The second-order valence-electron chi connectivity index (χ2n) is 4.82. The van der Waals surface area contributed by atoms with Gasteiger partial charge in [0.05, 0.1) is 17.7 Å². The normalized spacial score (nSPS) is 17.6. The van der Waals surface area contributed by atoms with Crippen LogP contribution in [-0.2, 0) is 4.74 Å². The Labute approximate surface area is 106 Å². The second kappa shape index (κ2) is 5.35. The maximum atomic E-state index is 12.1. The Hall–Kier alpha value is -1.62. The van der Waals surface area contributed by atoms with E-state index in [0.717, 1.165) is 25.7 Å². The van der Waals surface area contributed by atoms with Crippen LogP contribution in [0.3, 0.4) is 0 Å². The SMILES string of the molecule is COCC1(NC(=O)c2ccc(=O)[nH]c2)CCCC1. The number of aromatic nitrogens is 1. The average molecular weight is 250 g/mol. The summed E-state index contributed by atoms with van der Waals surface area (Å²) in [6.45, 7) is 0.530. The van der Waals surface area contributed by atoms with E-state index in [1.165, 1.54) is 18.3 Å². The Balaban J connectivity index is 2.09. The van der Waals surface area contributed by atoms with Crippen LogP contribution in [0.1, 0.15) is 36.0 Å². The molecule has 0 bridgehead atoms. The van der Waals surface area contributed by atoms with Crippen LogP contribution >= 0.6 is 0 Å². The summed E-state index contributed by atoms with van der Waals surface area (Å²) in [5.41, 5.74) is 0.0121. The number of aromatic amines is 1. The fourth-order valence-electron chi connectivity index (χ4n) is 2.50. The van der Waals surface area contributed by atoms with Gasteiger partial charge in [-0.05, 0) is 18.9 Å². The van der Waals surface area contributed by atoms with Crippen LogP contribution in [0.5, 0.6) is 0 Å². The van der Waals surface area contributed by atoms with E-state index in [1.807, 2.05) is 0 Å². The lowest BCUT2D eigenvalue weighted by atomic mass is 9.98. The molecule has 0 atom stereocenters. The molecule has 1 aliphatic carbocycles. The van der Waals surface area contributed by atoms with Crippen molar-refractivity contribution in [2.24, 2.45) is 0 Å². The molecule has 18 heavy (non-hydrogen) atoms. The van der Waals surface area contributed by atoms with Gasteiger partial charge in [-0.3, -0.25) is 9.59 Å². The van der Waals surface area contributed by atoms with Crippen LogP contribution in [0.25, 0.3) is 0 Å². The number of amides is 1. The number of hydrogen-bond acceptors (Lipinski definition) is 3. The van der Waals surface area contributed by atoms with E-state index in [4.69, 9.17) is 4.74 Å². The molecule has 2 rings (SSSR count). The van der Waals surface area contributed by atoms with Crippen LogP contribution in [0.15, 0.2) is 23.1 Å². The Bertz CT molecular complexity index is 455. The molecule has 1 aromatic heterocycles. The lowest BCUT2D eigenvalue weighted by molar-refractivity contribution is 0.0767. The maximum Gasteiger partial charge on any atom is 0.253 e. The minimum atomic E-state index is -0.248. The number of ether oxygens (including phenoxy) is 1. The zero-order chi connectivity index (χ0) is 13.0. The molecule has 1 aliphatic rings. The first-order valence-electron chi connectivity index (χ1n) is 6.15. The van der Waals surface area contributed by atoms with Crippen molar-refractivity contribution in [2.75, 3.05) is 13.7 Å². The third kappa shape index (κ3) is 2.79. The van der Waals surface area contributed by atoms with Gasteiger partial charge in [0.1, 0.15) is 0 Å². The standard InChI is InChI=1S/C13H18N2O3/c1-18-9-13(6-2-3-7-13)15-12(17)10-4-5-11(16)14-8-10/h4-5,8H,2-3,6-7,9H2,1H3,(H,14,16)(H,15,17). The number of hydrogen-bond donors (Lipinski definition) is 2. The average Bonchev–Trinajstić information content (AvgIpc) is 2.79. The molecule has 5 heteroatoms. The predicted molar refractivity (Wildman–Crippen MR) is 67.6 cm³/mol. The van der Waals surface area contributed by atoms with E-state index in [9.17, 15) is 9.59 Å². The van der Waals surface area contributed by atoms with Crippen molar-refractivity contribution >= 4 is 5.91 Å². The van der Waals surface area contributed by atoms with Gasteiger partial charge in [0, 0.05) is 19.4 Å². The molecule has 0 aromatic carbocycles. The molecule has 2 N–H and O–H groups in total. The maximum absolute atomic E-state index is 12.1. The van der Waals surface area contributed by atoms with Crippen molar-refractivity contribution in [3.8, 4) is 0 Å². The van der Waals surface area contributed by atoms with Gasteiger partial charge in [-0.25, -0.2) is 0 Å². The van der Waals surface area contributed by atoms with E-state index in [0.29, 0.717) is 12.2 Å². The summed E-state index contributed by atoms with van der Waals surface area (Å²) in [4.78, 5) is 25.6. The molecule has 0 radical (unpaired) electrons. The lowest BCUT2D eigenvalue weighted by Crippen LogP contribution is -2.49. The van der Waals surface area contributed by atoms with E-state index in [-0.39, 0.29) is 17.0 Å². The Morgan fingerprint density at radius 3 is 2.72 bits per heavy atom. The van der Waals surface area contributed by atoms with Gasteiger partial charge in [0.2, 0.25) is 5.56 Å². The van der Waals surface area contributed by atoms with Crippen molar-refractivity contribution in [3.05, 3.63) is 34.2 Å². The van der Waals surface area contributed by atoms with Crippen molar-refractivity contribution in [2.45, 2.75) is 31.2 Å². The first-order chi connectivity index (χ1) is 8.65. The molecule has 0 aliphatic heterocycles. The molecular weight excluding hydrogens is 232 g/mol. The summed E-state index contributed by atoms with van der Waals surface area (Å²) in [5, 5.41) is 3.04. The highest BCUT2D eigenvalue weighted by Gasteiger charge is 2.35. The zero-order valence-electron chi connectivity index (χ0n) is 10.5. The number of carbonyl (C=O) groups excluding carboxylic acids is 1. The molecule has 1 fully saturated rings. The van der Waals surface area contributed by atoms with Crippen molar-refractivity contribution < 1.29 is 9.53 Å². The van der Waals surface area contributed by atoms with Gasteiger partial charge in [0.15, 0.2) is 0 Å². The van der Waals surface area contributed by atoms with E-state index in [1.54, 1.807) is 7.11 Å².